The summed E-state index contributed by atoms with van der Waals surface area (Å²) in [7, 11) is 0. The normalized spacial score (nSPS) is 52.9. The lowest BCUT2D eigenvalue weighted by atomic mass is 9.34. The zero-order valence-corrected chi connectivity index (χ0v) is 22.4. The Morgan fingerprint density at radius 3 is 2.12 bits per heavy atom. The Kier molecular flexibility index (Phi) is 5.23. The molecule has 3 N–H and O–H groups in total. The van der Waals surface area contributed by atoms with E-state index in [4.69, 9.17) is 0 Å². The molecule has 0 heterocycles. The van der Waals surface area contributed by atoms with Crippen molar-refractivity contribution in [2.45, 2.75) is 125 Å². The van der Waals surface area contributed by atoms with Crippen LogP contribution in [0.3, 0.4) is 0 Å². The first-order valence-electron chi connectivity index (χ1n) is 13.9. The smallest absolute Gasteiger partial charge is 0.0664 e. The molecule has 0 amide bonds. The second-order valence-corrected chi connectivity index (χ2v) is 15.1. The van der Waals surface area contributed by atoms with Crippen LogP contribution in [-0.2, 0) is 0 Å². The predicted molar refractivity (Wildman–Crippen MR) is 134 cm³/mol. The molecule has 0 aromatic carbocycles. The highest BCUT2D eigenvalue weighted by Gasteiger charge is 2.68. The molecule has 0 spiro atoms. The molecule has 0 bridgehead atoms. The summed E-state index contributed by atoms with van der Waals surface area (Å²) in [6.45, 7) is 17.0. The molecule has 5 aliphatic rings. The van der Waals surface area contributed by atoms with Gasteiger partial charge in [-0.3, -0.25) is 0 Å². The number of fused-ring (bicyclic) bond motifs is 6. The predicted octanol–water partition coefficient (Wildman–Crippen LogP) is 6.26. The SMILES string of the molecule is CC1(C)CC[C@@]2(CO)C(=C3CC[C@@H]4[C@@]5(C)CC[C@H](O)C(C)(C)[C@@H]5CC[C@@]4(C)[C@]3(C)C[C@@H]2O)C1. The van der Waals surface area contributed by atoms with Crippen LogP contribution in [0.2, 0.25) is 0 Å². The quantitative estimate of drug-likeness (QED) is 0.407. The van der Waals surface area contributed by atoms with Crippen molar-refractivity contribution in [3.63, 3.8) is 0 Å². The van der Waals surface area contributed by atoms with Crippen molar-refractivity contribution in [3.05, 3.63) is 11.1 Å². The van der Waals surface area contributed by atoms with E-state index >= 15 is 0 Å². The highest BCUT2D eigenvalue weighted by Crippen LogP contribution is 2.75. The molecule has 5 rings (SSSR count). The van der Waals surface area contributed by atoms with Gasteiger partial charge in [-0.2, -0.15) is 0 Å². The summed E-state index contributed by atoms with van der Waals surface area (Å²) in [4.78, 5) is 0. The minimum Gasteiger partial charge on any atom is -0.395 e. The van der Waals surface area contributed by atoms with E-state index in [9.17, 15) is 15.3 Å². The molecule has 4 saturated carbocycles. The van der Waals surface area contributed by atoms with Crippen molar-refractivity contribution in [2.24, 2.45) is 44.3 Å². The highest BCUT2D eigenvalue weighted by molar-refractivity contribution is 5.40. The molecule has 0 aromatic heterocycles. The van der Waals surface area contributed by atoms with Crippen LogP contribution < -0.4 is 0 Å². The number of hydrogen-bond acceptors (Lipinski definition) is 3. The van der Waals surface area contributed by atoms with Crippen LogP contribution in [0.15, 0.2) is 11.1 Å². The molecule has 0 saturated heterocycles. The minimum absolute atomic E-state index is 0.00899. The molecule has 3 heteroatoms. The summed E-state index contributed by atoms with van der Waals surface area (Å²) in [5.74, 6) is 1.18. The van der Waals surface area contributed by atoms with Crippen LogP contribution >= 0.6 is 0 Å². The number of hydrogen-bond donors (Lipinski definition) is 3. The lowest BCUT2D eigenvalue weighted by Gasteiger charge is -2.71. The highest BCUT2D eigenvalue weighted by atomic mass is 16.3. The Labute approximate surface area is 202 Å². The molecule has 0 unspecified atom stereocenters. The molecule has 188 valence electrons. The van der Waals surface area contributed by atoms with Gasteiger partial charge in [-0.25, -0.2) is 0 Å². The van der Waals surface area contributed by atoms with Crippen molar-refractivity contribution < 1.29 is 15.3 Å². The van der Waals surface area contributed by atoms with Gasteiger partial charge in [0.25, 0.3) is 0 Å². The first-order chi connectivity index (χ1) is 15.2. The second-order valence-electron chi connectivity index (χ2n) is 15.1. The van der Waals surface area contributed by atoms with Gasteiger partial charge in [-0.05, 0) is 103 Å². The standard InChI is InChI=1S/C30H50O3/c1-25(2)14-15-30(18-31)20(16-25)19-8-9-22-27(5)12-11-23(32)26(3,4)21(27)10-13-28(22,6)29(19,7)17-24(30)33/h21-24,31-33H,8-18H2,1-7H3/t21-,22+,23-,24-,27-,28+,29+,30+/m0/s1. The molecule has 33 heavy (non-hydrogen) atoms. The summed E-state index contributed by atoms with van der Waals surface area (Å²) < 4.78 is 0. The summed E-state index contributed by atoms with van der Waals surface area (Å²) in [6.07, 6.45) is 9.93. The zero-order valence-electron chi connectivity index (χ0n) is 22.4. The maximum atomic E-state index is 11.7. The topological polar surface area (TPSA) is 60.7 Å². The molecule has 5 aliphatic carbocycles. The molecule has 4 fully saturated rings. The fraction of sp³-hybridized carbons (Fsp3) is 0.933. The van der Waals surface area contributed by atoms with Gasteiger partial charge in [0.05, 0.1) is 18.8 Å². The van der Waals surface area contributed by atoms with E-state index in [0.29, 0.717) is 11.8 Å². The summed E-state index contributed by atoms with van der Waals surface area (Å²) in [5.41, 5.74) is 3.25. The van der Waals surface area contributed by atoms with Gasteiger partial charge in [-0.1, -0.05) is 59.6 Å². The van der Waals surface area contributed by atoms with E-state index in [0.717, 1.165) is 44.9 Å². The van der Waals surface area contributed by atoms with Crippen LogP contribution in [0.25, 0.3) is 0 Å². The van der Waals surface area contributed by atoms with Crippen molar-refractivity contribution in [1.82, 2.24) is 0 Å². The fourth-order valence-electron chi connectivity index (χ4n) is 10.7. The molecule has 3 nitrogen and oxygen atoms in total. The van der Waals surface area contributed by atoms with Crippen molar-refractivity contribution in [2.75, 3.05) is 6.61 Å². The lowest BCUT2D eigenvalue weighted by molar-refractivity contribution is -0.211. The Morgan fingerprint density at radius 1 is 0.758 bits per heavy atom. The van der Waals surface area contributed by atoms with E-state index in [2.05, 4.69) is 48.5 Å². The van der Waals surface area contributed by atoms with Gasteiger partial charge < -0.3 is 15.3 Å². The number of aliphatic hydroxyl groups excluding tert-OH is 3. The Bertz CT molecular complexity index is 857. The maximum Gasteiger partial charge on any atom is 0.0664 e. The first-order valence-corrected chi connectivity index (χ1v) is 13.9. The van der Waals surface area contributed by atoms with Crippen LogP contribution in [0.1, 0.15) is 113 Å². The van der Waals surface area contributed by atoms with Crippen LogP contribution in [0.5, 0.6) is 0 Å². The lowest BCUT2D eigenvalue weighted by Crippen LogP contribution is -2.65. The largest absolute Gasteiger partial charge is 0.395 e. The molecule has 0 aromatic rings. The van der Waals surface area contributed by atoms with Gasteiger partial charge in [0, 0.05) is 5.41 Å². The van der Waals surface area contributed by atoms with Crippen molar-refractivity contribution in [3.8, 4) is 0 Å². The zero-order chi connectivity index (χ0) is 24.2. The Balaban J connectivity index is 1.63. The summed E-state index contributed by atoms with van der Waals surface area (Å²) in [6, 6.07) is 0. The molecular weight excluding hydrogens is 408 g/mol. The number of aliphatic hydroxyl groups is 3. The summed E-state index contributed by atoms with van der Waals surface area (Å²) in [5, 5.41) is 33.3. The van der Waals surface area contributed by atoms with Gasteiger partial charge in [0.1, 0.15) is 0 Å². The Hall–Kier alpha value is -0.380. The minimum atomic E-state index is -0.451. The van der Waals surface area contributed by atoms with E-state index in [1.54, 1.807) is 5.57 Å². The van der Waals surface area contributed by atoms with Crippen LogP contribution in [0.4, 0.5) is 0 Å². The van der Waals surface area contributed by atoms with Gasteiger partial charge in [0.2, 0.25) is 0 Å². The summed E-state index contributed by atoms with van der Waals surface area (Å²) >= 11 is 0. The molecule has 0 aliphatic heterocycles. The third kappa shape index (κ3) is 2.91. The molecule has 8 atom stereocenters. The van der Waals surface area contributed by atoms with Crippen molar-refractivity contribution in [1.29, 1.82) is 0 Å². The molecule has 0 radical (unpaired) electrons. The van der Waals surface area contributed by atoms with Crippen LogP contribution in [0, 0.1) is 44.3 Å². The Morgan fingerprint density at radius 2 is 1.45 bits per heavy atom. The van der Waals surface area contributed by atoms with Crippen LogP contribution in [-0.4, -0.2) is 34.1 Å². The average Bonchev–Trinajstić information content (AvgIpc) is 2.71. The van der Waals surface area contributed by atoms with E-state index < -0.39 is 11.5 Å². The number of rotatable bonds is 1. The third-order valence-corrected chi connectivity index (χ3v) is 13.0. The third-order valence-electron chi connectivity index (χ3n) is 13.0. The fourth-order valence-corrected chi connectivity index (χ4v) is 10.7. The first kappa shape index (κ1) is 24.3. The van der Waals surface area contributed by atoms with Crippen molar-refractivity contribution >= 4 is 0 Å². The number of allylic oxidation sites excluding steroid dienone is 1. The van der Waals surface area contributed by atoms with Gasteiger partial charge in [0.15, 0.2) is 0 Å². The van der Waals surface area contributed by atoms with E-state index in [1.807, 2.05) is 0 Å². The van der Waals surface area contributed by atoms with Gasteiger partial charge in [-0.15, -0.1) is 0 Å². The molecular formula is C30H50O3. The average molecular weight is 459 g/mol. The second kappa shape index (κ2) is 7.10. The van der Waals surface area contributed by atoms with E-state index in [1.165, 1.54) is 24.8 Å². The maximum absolute atomic E-state index is 11.7. The van der Waals surface area contributed by atoms with Gasteiger partial charge >= 0.3 is 0 Å². The van der Waals surface area contributed by atoms with E-state index in [-0.39, 0.29) is 39.8 Å². The monoisotopic (exact) mass is 458 g/mol.